The van der Waals surface area contributed by atoms with Crippen LogP contribution < -0.4 is 15.4 Å². The standard InChI is InChI=1S/C23H26N4O2/c28-23(26-21-10-4-6-18-7-5-13-25-22(18)21)27-15-11-19(12-16-27)24-14-17-29-20-8-2-1-3-9-20/h1-10,13,19,24H,11-12,14-17H2,(H,26,28). The zero-order valence-corrected chi connectivity index (χ0v) is 16.4. The van der Waals surface area contributed by atoms with E-state index in [9.17, 15) is 4.79 Å². The van der Waals surface area contributed by atoms with Gasteiger partial charge in [0.05, 0.1) is 11.2 Å². The van der Waals surface area contributed by atoms with Crippen molar-refractivity contribution in [2.24, 2.45) is 0 Å². The van der Waals surface area contributed by atoms with E-state index in [1.807, 2.05) is 65.6 Å². The molecule has 3 aromatic rings. The Kier molecular flexibility index (Phi) is 6.22. The first-order valence-corrected chi connectivity index (χ1v) is 10.1. The largest absolute Gasteiger partial charge is 0.492 e. The Labute approximate surface area is 170 Å². The van der Waals surface area contributed by atoms with Crippen molar-refractivity contribution in [3.8, 4) is 5.75 Å². The molecule has 2 heterocycles. The van der Waals surface area contributed by atoms with Crippen molar-refractivity contribution < 1.29 is 9.53 Å². The maximum atomic E-state index is 12.7. The Morgan fingerprint density at radius 2 is 1.83 bits per heavy atom. The highest BCUT2D eigenvalue weighted by Crippen LogP contribution is 2.21. The molecule has 29 heavy (non-hydrogen) atoms. The van der Waals surface area contributed by atoms with E-state index in [1.54, 1.807) is 6.20 Å². The molecule has 0 unspecified atom stereocenters. The molecule has 1 aromatic heterocycles. The lowest BCUT2D eigenvalue weighted by Gasteiger charge is -2.32. The number of para-hydroxylation sites is 2. The van der Waals surface area contributed by atoms with Crippen LogP contribution in [0, 0.1) is 0 Å². The SMILES string of the molecule is O=C(Nc1cccc2cccnc12)N1CCC(NCCOc2ccccc2)CC1. The summed E-state index contributed by atoms with van der Waals surface area (Å²) in [5, 5.41) is 7.58. The van der Waals surface area contributed by atoms with E-state index >= 15 is 0 Å². The van der Waals surface area contributed by atoms with Crippen LogP contribution in [-0.2, 0) is 0 Å². The molecule has 150 valence electrons. The van der Waals surface area contributed by atoms with Crippen molar-refractivity contribution in [2.75, 3.05) is 31.6 Å². The van der Waals surface area contributed by atoms with Gasteiger partial charge in [-0.2, -0.15) is 0 Å². The zero-order valence-electron chi connectivity index (χ0n) is 16.4. The number of rotatable bonds is 6. The molecule has 2 N–H and O–H groups in total. The number of ether oxygens (including phenoxy) is 1. The number of anilines is 1. The lowest BCUT2D eigenvalue weighted by molar-refractivity contribution is 0.187. The van der Waals surface area contributed by atoms with Crippen LogP contribution in [0.4, 0.5) is 10.5 Å². The number of nitrogens with one attached hydrogen (secondary N) is 2. The highest BCUT2D eigenvalue weighted by atomic mass is 16.5. The van der Waals surface area contributed by atoms with Crippen molar-refractivity contribution in [1.29, 1.82) is 0 Å². The number of hydrogen-bond acceptors (Lipinski definition) is 4. The van der Waals surface area contributed by atoms with Gasteiger partial charge in [0.1, 0.15) is 12.4 Å². The molecular weight excluding hydrogens is 364 g/mol. The Morgan fingerprint density at radius 1 is 1.03 bits per heavy atom. The van der Waals surface area contributed by atoms with Crippen molar-refractivity contribution in [3.63, 3.8) is 0 Å². The van der Waals surface area contributed by atoms with E-state index < -0.39 is 0 Å². The number of carbonyl (C=O) groups excluding carboxylic acids is 1. The number of hydrogen-bond donors (Lipinski definition) is 2. The van der Waals surface area contributed by atoms with Crippen LogP contribution in [0.25, 0.3) is 10.9 Å². The quantitative estimate of drug-likeness (QED) is 0.627. The van der Waals surface area contributed by atoms with Gasteiger partial charge >= 0.3 is 6.03 Å². The van der Waals surface area contributed by atoms with Crippen LogP contribution in [0.3, 0.4) is 0 Å². The van der Waals surface area contributed by atoms with Gasteiger partial charge < -0.3 is 20.3 Å². The van der Waals surface area contributed by atoms with Crippen molar-refractivity contribution in [3.05, 3.63) is 66.9 Å². The predicted octanol–water partition coefficient (Wildman–Crippen LogP) is 3.90. The maximum Gasteiger partial charge on any atom is 0.321 e. The molecule has 1 aliphatic rings. The minimum atomic E-state index is -0.0611. The Bertz CT molecular complexity index is 935. The molecule has 2 amide bonds. The summed E-state index contributed by atoms with van der Waals surface area (Å²) in [5.41, 5.74) is 1.57. The number of fused-ring (bicyclic) bond motifs is 1. The number of carbonyl (C=O) groups is 1. The highest BCUT2D eigenvalue weighted by Gasteiger charge is 2.22. The molecule has 0 bridgehead atoms. The minimum Gasteiger partial charge on any atom is -0.492 e. The molecule has 1 fully saturated rings. The second-order valence-corrected chi connectivity index (χ2v) is 7.19. The molecule has 4 rings (SSSR count). The summed E-state index contributed by atoms with van der Waals surface area (Å²) in [6.07, 6.45) is 3.62. The first-order chi connectivity index (χ1) is 14.3. The molecule has 0 saturated carbocycles. The summed E-state index contributed by atoms with van der Waals surface area (Å²) in [5.74, 6) is 0.892. The van der Waals surface area contributed by atoms with Crippen molar-refractivity contribution >= 4 is 22.6 Å². The fourth-order valence-corrected chi connectivity index (χ4v) is 3.63. The van der Waals surface area contributed by atoms with Crippen LogP contribution in [0.15, 0.2) is 66.9 Å². The molecule has 0 radical (unpaired) electrons. The summed E-state index contributed by atoms with van der Waals surface area (Å²) < 4.78 is 5.71. The Hall–Kier alpha value is -3.12. The summed E-state index contributed by atoms with van der Waals surface area (Å²) in [6.45, 7) is 2.91. The predicted molar refractivity (Wildman–Crippen MR) is 115 cm³/mol. The first kappa shape index (κ1) is 19.2. The van der Waals surface area contributed by atoms with Gasteiger partial charge in [0.2, 0.25) is 0 Å². The fraction of sp³-hybridized carbons (Fsp3) is 0.304. The minimum absolute atomic E-state index is 0.0611. The molecule has 2 aromatic carbocycles. The summed E-state index contributed by atoms with van der Waals surface area (Å²) in [4.78, 5) is 19.0. The number of likely N-dealkylation sites (tertiary alicyclic amines) is 1. The lowest BCUT2D eigenvalue weighted by atomic mass is 10.1. The van der Waals surface area contributed by atoms with Gasteiger partial charge in [-0.1, -0.05) is 36.4 Å². The fourth-order valence-electron chi connectivity index (χ4n) is 3.63. The summed E-state index contributed by atoms with van der Waals surface area (Å²) >= 11 is 0. The average Bonchev–Trinajstić information content (AvgIpc) is 2.78. The first-order valence-electron chi connectivity index (χ1n) is 10.1. The molecule has 1 aliphatic heterocycles. The van der Waals surface area contributed by atoms with E-state index in [2.05, 4.69) is 15.6 Å². The second-order valence-electron chi connectivity index (χ2n) is 7.19. The molecule has 0 atom stereocenters. The highest BCUT2D eigenvalue weighted by molar-refractivity contribution is 5.99. The Balaban J connectivity index is 1.21. The third kappa shape index (κ3) is 5.03. The Morgan fingerprint density at radius 3 is 2.66 bits per heavy atom. The van der Waals surface area contributed by atoms with E-state index in [-0.39, 0.29) is 6.03 Å². The molecule has 6 heteroatoms. The number of urea groups is 1. The van der Waals surface area contributed by atoms with Gasteiger partial charge in [-0.05, 0) is 37.1 Å². The molecular formula is C23H26N4O2. The van der Waals surface area contributed by atoms with Crippen LogP contribution in [0.2, 0.25) is 0 Å². The lowest BCUT2D eigenvalue weighted by Crippen LogP contribution is -2.47. The third-order valence-electron chi connectivity index (χ3n) is 5.20. The summed E-state index contributed by atoms with van der Waals surface area (Å²) in [7, 11) is 0. The molecule has 0 spiro atoms. The van der Waals surface area contributed by atoms with E-state index in [1.165, 1.54) is 0 Å². The molecule has 6 nitrogen and oxygen atoms in total. The number of benzene rings is 2. The van der Waals surface area contributed by atoms with Gasteiger partial charge in [-0.3, -0.25) is 4.98 Å². The van der Waals surface area contributed by atoms with Gasteiger partial charge in [0, 0.05) is 37.3 Å². The van der Waals surface area contributed by atoms with E-state index in [0.29, 0.717) is 12.6 Å². The van der Waals surface area contributed by atoms with Gasteiger partial charge in [-0.15, -0.1) is 0 Å². The summed E-state index contributed by atoms with van der Waals surface area (Å²) in [6, 6.07) is 19.9. The van der Waals surface area contributed by atoms with Crippen molar-refractivity contribution in [1.82, 2.24) is 15.2 Å². The van der Waals surface area contributed by atoms with Crippen LogP contribution in [-0.4, -0.2) is 48.2 Å². The van der Waals surface area contributed by atoms with Crippen LogP contribution in [0.1, 0.15) is 12.8 Å². The zero-order chi connectivity index (χ0) is 19.9. The van der Waals surface area contributed by atoms with Crippen molar-refractivity contribution in [2.45, 2.75) is 18.9 Å². The van der Waals surface area contributed by atoms with E-state index in [4.69, 9.17) is 4.74 Å². The smallest absolute Gasteiger partial charge is 0.321 e. The second kappa shape index (κ2) is 9.39. The third-order valence-corrected chi connectivity index (χ3v) is 5.20. The van der Waals surface area contributed by atoms with Gasteiger partial charge in [0.25, 0.3) is 0 Å². The molecule has 1 saturated heterocycles. The van der Waals surface area contributed by atoms with E-state index in [0.717, 1.165) is 54.8 Å². The topological polar surface area (TPSA) is 66.5 Å². The molecule has 0 aliphatic carbocycles. The van der Waals surface area contributed by atoms with Crippen LogP contribution >= 0.6 is 0 Å². The number of piperidine rings is 1. The number of aromatic nitrogens is 1. The number of pyridine rings is 1. The van der Waals surface area contributed by atoms with Gasteiger partial charge in [0.15, 0.2) is 0 Å². The van der Waals surface area contributed by atoms with Crippen LogP contribution in [0.5, 0.6) is 5.75 Å². The average molecular weight is 390 g/mol. The number of amides is 2. The maximum absolute atomic E-state index is 12.7. The number of nitrogens with zero attached hydrogens (tertiary/aromatic N) is 2. The van der Waals surface area contributed by atoms with Gasteiger partial charge in [-0.25, -0.2) is 4.79 Å². The normalized spacial score (nSPS) is 14.7. The monoisotopic (exact) mass is 390 g/mol.